The molecule has 0 bridgehead atoms. The first kappa shape index (κ1) is 13.3. The molecule has 1 aromatic carbocycles. The lowest BCUT2D eigenvalue weighted by molar-refractivity contribution is 0.637. The largest absolute Gasteiger partial charge is 0.306 e. The quantitative estimate of drug-likeness (QED) is 0.796. The third-order valence-electron chi connectivity index (χ3n) is 2.50. The summed E-state index contributed by atoms with van der Waals surface area (Å²) < 4.78 is 2.29. The molecule has 17 heavy (non-hydrogen) atoms. The molecule has 0 radical (unpaired) electrons. The van der Waals surface area contributed by atoms with E-state index < -0.39 is 0 Å². The van der Waals surface area contributed by atoms with Gasteiger partial charge in [-0.2, -0.15) is 0 Å². The van der Waals surface area contributed by atoms with E-state index in [0.717, 1.165) is 11.0 Å². The minimum atomic E-state index is 0.256. The van der Waals surface area contributed by atoms with Crippen molar-refractivity contribution in [2.45, 2.75) is 13.0 Å². The minimum Gasteiger partial charge on any atom is -0.306 e. The van der Waals surface area contributed by atoms with Crippen molar-refractivity contribution in [1.29, 1.82) is 0 Å². The topological polar surface area (TPSA) is 12.0 Å². The van der Waals surface area contributed by atoms with Crippen LogP contribution in [0, 0.1) is 0 Å². The van der Waals surface area contributed by atoms with Gasteiger partial charge in [0.2, 0.25) is 0 Å². The molecular formula is C13H13Br2NS. The van der Waals surface area contributed by atoms with E-state index in [4.69, 9.17) is 0 Å². The van der Waals surface area contributed by atoms with Gasteiger partial charge in [-0.05, 0) is 51.6 Å². The Hall–Kier alpha value is -0.160. The van der Waals surface area contributed by atoms with Crippen LogP contribution in [0.5, 0.6) is 0 Å². The van der Waals surface area contributed by atoms with E-state index in [9.17, 15) is 0 Å². The average molecular weight is 375 g/mol. The number of rotatable bonds is 4. The Morgan fingerprint density at radius 2 is 2.12 bits per heavy atom. The van der Waals surface area contributed by atoms with E-state index in [1.165, 1.54) is 14.9 Å². The Morgan fingerprint density at radius 1 is 1.29 bits per heavy atom. The Labute approximate surface area is 123 Å². The summed E-state index contributed by atoms with van der Waals surface area (Å²) in [6.07, 6.45) is 0. The van der Waals surface area contributed by atoms with Gasteiger partial charge in [-0.1, -0.05) is 35.0 Å². The number of hydrogen-bond acceptors (Lipinski definition) is 2. The monoisotopic (exact) mass is 373 g/mol. The SMILES string of the molecule is CCNC(c1cccc(Br)c1)c1sccc1Br. The summed E-state index contributed by atoms with van der Waals surface area (Å²) in [4.78, 5) is 1.32. The number of benzene rings is 1. The maximum atomic E-state index is 3.61. The number of hydrogen-bond donors (Lipinski definition) is 1. The third kappa shape index (κ3) is 3.19. The summed E-state index contributed by atoms with van der Waals surface area (Å²) in [5.41, 5.74) is 1.28. The summed E-state index contributed by atoms with van der Waals surface area (Å²) >= 11 is 8.91. The van der Waals surface area contributed by atoms with Crippen molar-refractivity contribution in [1.82, 2.24) is 5.32 Å². The zero-order valence-electron chi connectivity index (χ0n) is 9.41. The lowest BCUT2D eigenvalue weighted by atomic mass is 10.1. The van der Waals surface area contributed by atoms with Crippen LogP contribution in [0.25, 0.3) is 0 Å². The van der Waals surface area contributed by atoms with Crippen LogP contribution < -0.4 is 5.32 Å². The van der Waals surface area contributed by atoms with E-state index in [1.807, 2.05) is 0 Å². The van der Waals surface area contributed by atoms with Gasteiger partial charge in [-0.3, -0.25) is 0 Å². The fraction of sp³-hybridized carbons (Fsp3) is 0.231. The van der Waals surface area contributed by atoms with Gasteiger partial charge in [-0.25, -0.2) is 0 Å². The predicted octanol–water partition coefficient (Wildman–Crippen LogP) is 4.97. The highest BCUT2D eigenvalue weighted by atomic mass is 79.9. The summed E-state index contributed by atoms with van der Waals surface area (Å²) in [7, 11) is 0. The predicted molar refractivity (Wildman–Crippen MR) is 81.7 cm³/mol. The molecule has 1 N–H and O–H groups in total. The van der Waals surface area contributed by atoms with Crippen LogP contribution in [0.4, 0.5) is 0 Å². The van der Waals surface area contributed by atoms with Crippen molar-refractivity contribution < 1.29 is 0 Å². The molecule has 4 heteroatoms. The molecule has 2 aromatic rings. The molecule has 90 valence electrons. The lowest BCUT2D eigenvalue weighted by Gasteiger charge is -2.18. The molecule has 0 amide bonds. The molecule has 1 unspecified atom stereocenters. The Kier molecular flexibility index (Phi) is 4.79. The number of halogens is 2. The van der Waals surface area contributed by atoms with E-state index >= 15 is 0 Å². The van der Waals surface area contributed by atoms with E-state index in [2.05, 4.69) is 79.8 Å². The highest BCUT2D eigenvalue weighted by molar-refractivity contribution is 9.10. The fourth-order valence-corrected chi connectivity index (χ4v) is 3.88. The van der Waals surface area contributed by atoms with Crippen LogP contribution in [0.1, 0.15) is 23.4 Å². The average Bonchev–Trinajstić information content (AvgIpc) is 2.72. The van der Waals surface area contributed by atoms with Crippen LogP contribution in [-0.4, -0.2) is 6.54 Å². The molecule has 0 saturated heterocycles. The van der Waals surface area contributed by atoms with E-state index in [0.29, 0.717) is 0 Å². The molecule has 2 rings (SSSR count). The molecule has 1 heterocycles. The fourth-order valence-electron chi connectivity index (χ4n) is 1.76. The molecular weight excluding hydrogens is 362 g/mol. The van der Waals surface area contributed by atoms with Crippen molar-refractivity contribution in [3.05, 3.63) is 55.1 Å². The summed E-state index contributed by atoms with van der Waals surface area (Å²) in [6, 6.07) is 10.8. The zero-order valence-corrected chi connectivity index (χ0v) is 13.4. The second-order valence-corrected chi connectivity index (χ2v) is 6.40. The second kappa shape index (κ2) is 6.14. The number of nitrogens with one attached hydrogen (secondary N) is 1. The molecule has 0 aliphatic heterocycles. The van der Waals surface area contributed by atoms with Crippen molar-refractivity contribution in [3.8, 4) is 0 Å². The molecule has 1 atom stereocenters. The second-order valence-electron chi connectivity index (χ2n) is 3.68. The summed E-state index contributed by atoms with van der Waals surface area (Å²) in [6.45, 7) is 3.08. The van der Waals surface area contributed by atoms with Gasteiger partial charge >= 0.3 is 0 Å². The summed E-state index contributed by atoms with van der Waals surface area (Å²) in [5.74, 6) is 0. The van der Waals surface area contributed by atoms with Gasteiger partial charge in [0.05, 0.1) is 6.04 Å². The van der Waals surface area contributed by atoms with Crippen molar-refractivity contribution in [2.75, 3.05) is 6.54 Å². The van der Waals surface area contributed by atoms with Crippen LogP contribution in [-0.2, 0) is 0 Å². The molecule has 0 saturated carbocycles. The van der Waals surface area contributed by atoms with Crippen LogP contribution in [0.2, 0.25) is 0 Å². The number of thiophene rings is 1. The van der Waals surface area contributed by atoms with E-state index in [-0.39, 0.29) is 6.04 Å². The zero-order chi connectivity index (χ0) is 12.3. The lowest BCUT2D eigenvalue weighted by Crippen LogP contribution is -2.21. The molecule has 0 fully saturated rings. The Balaban J connectivity index is 2.39. The smallest absolute Gasteiger partial charge is 0.0682 e. The first-order chi connectivity index (χ1) is 8.22. The van der Waals surface area contributed by atoms with Gasteiger partial charge in [-0.15, -0.1) is 11.3 Å². The normalized spacial score (nSPS) is 12.6. The van der Waals surface area contributed by atoms with Gasteiger partial charge in [0.15, 0.2) is 0 Å². The molecule has 1 aromatic heterocycles. The highest BCUT2D eigenvalue weighted by Gasteiger charge is 2.17. The van der Waals surface area contributed by atoms with Gasteiger partial charge in [0, 0.05) is 13.8 Å². The first-order valence-electron chi connectivity index (χ1n) is 5.44. The standard InChI is InChI=1S/C13H13Br2NS/c1-2-16-12(13-11(15)6-7-17-13)9-4-3-5-10(14)8-9/h3-8,12,16H,2H2,1H3. The van der Waals surface area contributed by atoms with Crippen molar-refractivity contribution >= 4 is 43.2 Å². The highest BCUT2D eigenvalue weighted by Crippen LogP contribution is 2.33. The maximum absolute atomic E-state index is 3.61. The van der Waals surface area contributed by atoms with Crippen LogP contribution in [0.3, 0.4) is 0 Å². The van der Waals surface area contributed by atoms with Gasteiger partial charge in [0.25, 0.3) is 0 Å². The van der Waals surface area contributed by atoms with E-state index in [1.54, 1.807) is 11.3 Å². The van der Waals surface area contributed by atoms with Crippen molar-refractivity contribution in [3.63, 3.8) is 0 Å². The molecule has 0 aliphatic rings. The Bertz CT molecular complexity index is 496. The summed E-state index contributed by atoms with van der Waals surface area (Å²) in [5, 5.41) is 5.64. The van der Waals surface area contributed by atoms with Crippen LogP contribution >= 0.6 is 43.2 Å². The minimum absolute atomic E-state index is 0.256. The molecule has 0 aliphatic carbocycles. The first-order valence-corrected chi connectivity index (χ1v) is 7.90. The maximum Gasteiger partial charge on any atom is 0.0682 e. The van der Waals surface area contributed by atoms with Crippen LogP contribution in [0.15, 0.2) is 44.7 Å². The molecule has 1 nitrogen and oxygen atoms in total. The van der Waals surface area contributed by atoms with Gasteiger partial charge < -0.3 is 5.32 Å². The van der Waals surface area contributed by atoms with Crippen molar-refractivity contribution in [2.24, 2.45) is 0 Å². The molecule has 0 spiro atoms. The third-order valence-corrected chi connectivity index (χ3v) is 4.93. The Morgan fingerprint density at radius 3 is 2.71 bits per heavy atom. The van der Waals surface area contributed by atoms with Gasteiger partial charge in [0.1, 0.15) is 0 Å².